The van der Waals surface area contributed by atoms with Gasteiger partial charge in [-0.2, -0.15) is 0 Å². The Morgan fingerprint density at radius 3 is 2.78 bits per heavy atom. The van der Waals surface area contributed by atoms with Gasteiger partial charge in [0.1, 0.15) is 6.33 Å². The molecule has 1 saturated heterocycles. The molecule has 0 bridgehead atoms. The van der Waals surface area contributed by atoms with Crippen LogP contribution in [-0.2, 0) is 6.42 Å². The van der Waals surface area contributed by atoms with E-state index in [0.717, 1.165) is 52.3 Å². The average Bonchev–Trinajstić information content (AvgIpc) is 3.12. The minimum absolute atomic E-state index is 0.153. The van der Waals surface area contributed by atoms with Crippen molar-refractivity contribution in [3.05, 3.63) is 58.0 Å². The van der Waals surface area contributed by atoms with Gasteiger partial charge in [0.15, 0.2) is 5.43 Å². The summed E-state index contributed by atoms with van der Waals surface area (Å²) in [5.41, 5.74) is 5.27. The fourth-order valence-electron chi connectivity index (χ4n) is 4.64. The SMILES string of the molecule is Cc1ccc2c(c1)c(=O)c1c(CCCN3CCCCC3)ccc3ncn2c31. The predicted octanol–water partition coefficient (Wildman–Crippen LogP) is 4.17. The number of hydrogen-bond donors (Lipinski definition) is 0. The van der Waals surface area contributed by atoms with Crippen LogP contribution in [0.2, 0.25) is 0 Å². The third kappa shape index (κ3) is 2.79. The van der Waals surface area contributed by atoms with Crippen molar-refractivity contribution in [3.63, 3.8) is 0 Å². The molecule has 0 aliphatic carbocycles. The van der Waals surface area contributed by atoms with Crippen LogP contribution in [-0.4, -0.2) is 33.9 Å². The molecule has 0 spiro atoms. The van der Waals surface area contributed by atoms with E-state index in [2.05, 4.69) is 32.5 Å². The molecule has 1 aliphatic rings. The topological polar surface area (TPSA) is 37.6 Å². The Labute approximate surface area is 158 Å². The predicted molar refractivity (Wildman–Crippen MR) is 111 cm³/mol. The maximum absolute atomic E-state index is 13.4. The highest BCUT2D eigenvalue weighted by Crippen LogP contribution is 2.27. The summed E-state index contributed by atoms with van der Waals surface area (Å²) < 4.78 is 2.09. The molecule has 0 radical (unpaired) electrons. The Morgan fingerprint density at radius 1 is 1.07 bits per heavy atom. The number of rotatable bonds is 4. The second kappa shape index (κ2) is 6.61. The van der Waals surface area contributed by atoms with E-state index >= 15 is 0 Å². The lowest BCUT2D eigenvalue weighted by Crippen LogP contribution is -2.30. The van der Waals surface area contributed by atoms with Crippen molar-refractivity contribution in [3.8, 4) is 0 Å². The molecule has 1 fully saturated rings. The van der Waals surface area contributed by atoms with E-state index < -0.39 is 0 Å². The number of nitrogens with zero attached hydrogens (tertiary/aromatic N) is 3. The van der Waals surface area contributed by atoms with Gasteiger partial charge in [-0.15, -0.1) is 0 Å². The molecule has 1 aliphatic heterocycles. The van der Waals surface area contributed by atoms with Crippen LogP contribution in [0.15, 0.2) is 41.5 Å². The Morgan fingerprint density at radius 2 is 1.93 bits per heavy atom. The number of pyridine rings is 1. The molecule has 0 saturated carbocycles. The standard InChI is InChI=1S/C23H25N3O/c1-16-7-10-20-18(14-16)23(27)21-17(6-5-13-25-11-3-2-4-12-25)8-9-19-22(21)26(20)15-24-19/h7-10,14-15H,2-6,11-13H2,1H3. The van der Waals surface area contributed by atoms with Crippen molar-refractivity contribution in [2.75, 3.05) is 19.6 Å². The Kier molecular flexibility index (Phi) is 4.09. The largest absolute Gasteiger partial charge is 0.303 e. The number of piperidine rings is 1. The lowest BCUT2D eigenvalue weighted by molar-refractivity contribution is 0.226. The van der Waals surface area contributed by atoms with Crippen molar-refractivity contribution < 1.29 is 0 Å². The van der Waals surface area contributed by atoms with Gasteiger partial charge in [0, 0.05) is 5.39 Å². The molecule has 0 amide bonds. The first-order valence-electron chi connectivity index (χ1n) is 10.1. The molecule has 5 rings (SSSR count). The third-order valence-corrected chi connectivity index (χ3v) is 6.05. The zero-order valence-electron chi connectivity index (χ0n) is 15.9. The fraction of sp³-hybridized carbons (Fsp3) is 0.391. The summed E-state index contributed by atoms with van der Waals surface area (Å²) in [7, 11) is 0. The molecule has 4 heteroatoms. The van der Waals surface area contributed by atoms with Gasteiger partial charge in [-0.3, -0.25) is 9.20 Å². The summed E-state index contributed by atoms with van der Waals surface area (Å²) in [5.74, 6) is 0. The minimum Gasteiger partial charge on any atom is -0.303 e. The smallest absolute Gasteiger partial charge is 0.197 e. The van der Waals surface area contributed by atoms with E-state index in [4.69, 9.17) is 0 Å². The summed E-state index contributed by atoms with van der Waals surface area (Å²) in [6.07, 6.45) is 7.91. The van der Waals surface area contributed by atoms with Crippen molar-refractivity contribution in [2.45, 2.75) is 39.0 Å². The maximum Gasteiger partial charge on any atom is 0.197 e. The van der Waals surface area contributed by atoms with Crippen LogP contribution in [0.25, 0.3) is 27.3 Å². The minimum atomic E-state index is 0.153. The summed E-state index contributed by atoms with van der Waals surface area (Å²) in [6.45, 7) is 5.62. The van der Waals surface area contributed by atoms with Crippen LogP contribution in [0.3, 0.4) is 0 Å². The lowest BCUT2D eigenvalue weighted by Gasteiger charge is -2.26. The number of aromatic nitrogens is 2. The van der Waals surface area contributed by atoms with E-state index in [1.165, 1.54) is 37.9 Å². The molecular weight excluding hydrogens is 334 g/mol. The first kappa shape index (κ1) is 16.7. The Bertz CT molecular complexity index is 1170. The normalized spacial score (nSPS) is 16.0. The number of imidazole rings is 1. The van der Waals surface area contributed by atoms with Gasteiger partial charge in [-0.1, -0.05) is 24.1 Å². The highest BCUT2D eigenvalue weighted by atomic mass is 16.1. The van der Waals surface area contributed by atoms with E-state index in [1.807, 2.05) is 25.4 Å². The van der Waals surface area contributed by atoms with Gasteiger partial charge < -0.3 is 4.90 Å². The second-order valence-corrected chi connectivity index (χ2v) is 7.94. The first-order chi connectivity index (χ1) is 13.2. The molecule has 4 nitrogen and oxygen atoms in total. The number of fused-ring (bicyclic) bond motifs is 2. The van der Waals surface area contributed by atoms with Crippen LogP contribution in [0, 0.1) is 6.92 Å². The van der Waals surface area contributed by atoms with Gasteiger partial charge in [0.05, 0.1) is 21.9 Å². The number of benzene rings is 2. The molecule has 138 valence electrons. The Hall–Kier alpha value is -2.46. The number of aryl methyl sites for hydroxylation is 2. The summed E-state index contributed by atoms with van der Waals surface area (Å²) in [4.78, 5) is 20.5. The van der Waals surface area contributed by atoms with Crippen molar-refractivity contribution in [1.29, 1.82) is 0 Å². The lowest BCUT2D eigenvalue weighted by atomic mass is 9.99. The van der Waals surface area contributed by atoms with Crippen molar-refractivity contribution in [1.82, 2.24) is 14.3 Å². The molecule has 0 unspecified atom stereocenters. The number of hydrogen-bond acceptors (Lipinski definition) is 3. The molecule has 3 heterocycles. The number of likely N-dealkylation sites (tertiary alicyclic amines) is 1. The average molecular weight is 359 g/mol. The molecule has 4 aromatic rings. The van der Waals surface area contributed by atoms with E-state index in [9.17, 15) is 4.79 Å². The quantitative estimate of drug-likeness (QED) is 0.513. The van der Waals surface area contributed by atoms with Gasteiger partial charge >= 0.3 is 0 Å². The third-order valence-electron chi connectivity index (χ3n) is 6.05. The van der Waals surface area contributed by atoms with Gasteiger partial charge in [-0.05, 0) is 76.0 Å². The highest BCUT2D eigenvalue weighted by molar-refractivity contribution is 6.02. The van der Waals surface area contributed by atoms with E-state index in [-0.39, 0.29) is 5.43 Å². The fourth-order valence-corrected chi connectivity index (χ4v) is 4.64. The molecule has 2 aromatic carbocycles. The maximum atomic E-state index is 13.4. The first-order valence-corrected chi connectivity index (χ1v) is 10.1. The van der Waals surface area contributed by atoms with Gasteiger partial charge in [0.25, 0.3) is 0 Å². The molecule has 0 N–H and O–H groups in total. The Balaban J connectivity index is 1.58. The monoisotopic (exact) mass is 359 g/mol. The summed E-state index contributed by atoms with van der Waals surface area (Å²) in [5, 5.41) is 1.66. The molecular formula is C23H25N3O. The molecule has 27 heavy (non-hydrogen) atoms. The van der Waals surface area contributed by atoms with Gasteiger partial charge in [-0.25, -0.2) is 4.98 Å². The van der Waals surface area contributed by atoms with Crippen molar-refractivity contribution in [2.24, 2.45) is 0 Å². The van der Waals surface area contributed by atoms with Crippen molar-refractivity contribution >= 4 is 27.3 Å². The summed E-state index contributed by atoms with van der Waals surface area (Å²) >= 11 is 0. The highest BCUT2D eigenvalue weighted by Gasteiger charge is 2.17. The zero-order valence-corrected chi connectivity index (χ0v) is 15.9. The van der Waals surface area contributed by atoms with Gasteiger partial charge in [0.2, 0.25) is 0 Å². The molecule has 0 atom stereocenters. The van der Waals surface area contributed by atoms with Crippen LogP contribution >= 0.6 is 0 Å². The van der Waals surface area contributed by atoms with E-state index in [1.54, 1.807) is 0 Å². The van der Waals surface area contributed by atoms with Crippen LogP contribution in [0.4, 0.5) is 0 Å². The van der Waals surface area contributed by atoms with E-state index in [0.29, 0.717) is 0 Å². The summed E-state index contributed by atoms with van der Waals surface area (Å²) in [6, 6.07) is 10.3. The van der Waals surface area contributed by atoms with Crippen LogP contribution in [0.5, 0.6) is 0 Å². The zero-order chi connectivity index (χ0) is 18.4. The van der Waals surface area contributed by atoms with Crippen LogP contribution < -0.4 is 5.43 Å². The molecule has 2 aromatic heterocycles. The second-order valence-electron chi connectivity index (χ2n) is 7.94. The van der Waals surface area contributed by atoms with Crippen LogP contribution in [0.1, 0.15) is 36.8 Å².